The molecule has 2 N–H and O–H groups in total. The van der Waals surface area contributed by atoms with Crippen molar-refractivity contribution in [1.29, 1.82) is 0 Å². The van der Waals surface area contributed by atoms with Gasteiger partial charge in [0, 0.05) is 38.6 Å². The van der Waals surface area contributed by atoms with Crippen LogP contribution >= 0.6 is 0 Å². The van der Waals surface area contributed by atoms with Gasteiger partial charge in [-0.05, 0) is 24.7 Å². The van der Waals surface area contributed by atoms with Crippen molar-refractivity contribution in [2.45, 2.75) is 19.3 Å². The standard InChI is InChI=1S/C14H19N5O2/c15-13(21)19-8-3-14(10-19)1-6-18(7-2-14)12(20)11-9-16-4-5-17-11/h4-5,9H,1-3,6-8,10H2,(H2,15,21). The van der Waals surface area contributed by atoms with Crippen molar-refractivity contribution in [3.8, 4) is 0 Å². The summed E-state index contributed by atoms with van der Waals surface area (Å²) in [7, 11) is 0. The molecule has 2 aliphatic rings. The first-order chi connectivity index (χ1) is 10.1. The topological polar surface area (TPSA) is 92.4 Å². The number of amides is 3. The minimum Gasteiger partial charge on any atom is -0.351 e. The molecule has 1 aromatic rings. The average Bonchev–Trinajstić information content (AvgIpc) is 2.92. The number of urea groups is 1. The Morgan fingerprint density at radius 3 is 2.29 bits per heavy atom. The summed E-state index contributed by atoms with van der Waals surface area (Å²) in [5, 5.41) is 0. The van der Waals surface area contributed by atoms with E-state index < -0.39 is 0 Å². The number of piperidine rings is 1. The van der Waals surface area contributed by atoms with Gasteiger partial charge in [-0.15, -0.1) is 0 Å². The van der Waals surface area contributed by atoms with E-state index >= 15 is 0 Å². The van der Waals surface area contributed by atoms with Gasteiger partial charge in [-0.25, -0.2) is 9.78 Å². The summed E-state index contributed by atoms with van der Waals surface area (Å²) in [4.78, 5) is 35.1. The summed E-state index contributed by atoms with van der Waals surface area (Å²) in [6.45, 7) is 2.84. The van der Waals surface area contributed by atoms with Crippen molar-refractivity contribution < 1.29 is 9.59 Å². The number of carbonyl (C=O) groups excluding carboxylic acids is 2. The zero-order valence-electron chi connectivity index (χ0n) is 11.9. The zero-order valence-corrected chi connectivity index (χ0v) is 11.9. The van der Waals surface area contributed by atoms with E-state index in [0.29, 0.717) is 18.8 Å². The Morgan fingerprint density at radius 2 is 1.76 bits per heavy atom. The van der Waals surface area contributed by atoms with Crippen molar-refractivity contribution in [3.05, 3.63) is 24.3 Å². The highest BCUT2D eigenvalue weighted by atomic mass is 16.2. The largest absolute Gasteiger partial charge is 0.351 e. The Balaban J connectivity index is 1.61. The molecule has 0 bridgehead atoms. The number of aromatic nitrogens is 2. The SMILES string of the molecule is NC(=O)N1CCC2(CCN(C(=O)c3cnccn3)CC2)C1. The van der Waals surface area contributed by atoms with Crippen LogP contribution in [-0.4, -0.2) is 57.9 Å². The van der Waals surface area contributed by atoms with E-state index in [0.717, 1.165) is 32.4 Å². The fraction of sp³-hybridized carbons (Fsp3) is 0.571. The summed E-state index contributed by atoms with van der Waals surface area (Å²) < 4.78 is 0. The molecule has 0 saturated carbocycles. The van der Waals surface area contributed by atoms with Crippen molar-refractivity contribution in [3.63, 3.8) is 0 Å². The lowest BCUT2D eigenvalue weighted by molar-refractivity contribution is 0.0588. The molecule has 0 atom stereocenters. The maximum atomic E-state index is 12.3. The van der Waals surface area contributed by atoms with E-state index in [4.69, 9.17) is 5.73 Å². The molecule has 0 radical (unpaired) electrons. The van der Waals surface area contributed by atoms with Gasteiger partial charge >= 0.3 is 6.03 Å². The predicted molar refractivity (Wildman–Crippen MR) is 75.4 cm³/mol. The van der Waals surface area contributed by atoms with Crippen LogP contribution in [0.2, 0.25) is 0 Å². The lowest BCUT2D eigenvalue weighted by atomic mass is 9.77. The molecule has 112 valence electrons. The van der Waals surface area contributed by atoms with Crippen molar-refractivity contribution in [2.24, 2.45) is 11.1 Å². The predicted octanol–water partition coefficient (Wildman–Crippen LogP) is 0.483. The molecule has 1 aromatic heterocycles. The molecule has 0 aliphatic carbocycles. The molecule has 3 heterocycles. The normalized spacial score (nSPS) is 20.8. The fourth-order valence-corrected chi connectivity index (χ4v) is 3.29. The number of carbonyl (C=O) groups is 2. The van der Waals surface area contributed by atoms with Gasteiger partial charge < -0.3 is 15.5 Å². The molecule has 2 saturated heterocycles. The summed E-state index contributed by atoms with van der Waals surface area (Å²) in [6, 6.07) is -0.343. The number of hydrogen-bond acceptors (Lipinski definition) is 4. The lowest BCUT2D eigenvalue weighted by Gasteiger charge is -2.39. The Labute approximate surface area is 123 Å². The van der Waals surface area contributed by atoms with Crippen LogP contribution in [0.3, 0.4) is 0 Å². The number of primary amides is 1. The van der Waals surface area contributed by atoms with Gasteiger partial charge in [-0.1, -0.05) is 0 Å². The van der Waals surface area contributed by atoms with Crippen LogP contribution < -0.4 is 5.73 Å². The molecule has 7 nitrogen and oxygen atoms in total. The van der Waals surface area contributed by atoms with E-state index in [2.05, 4.69) is 9.97 Å². The summed E-state index contributed by atoms with van der Waals surface area (Å²) >= 11 is 0. The highest BCUT2D eigenvalue weighted by molar-refractivity contribution is 5.92. The first kappa shape index (κ1) is 13.8. The molecule has 1 spiro atoms. The zero-order chi connectivity index (χ0) is 14.9. The second-order valence-corrected chi connectivity index (χ2v) is 5.89. The van der Waals surface area contributed by atoms with Crippen LogP contribution in [0.25, 0.3) is 0 Å². The third kappa shape index (κ3) is 2.68. The van der Waals surface area contributed by atoms with Crippen LogP contribution in [0.5, 0.6) is 0 Å². The maximum Gasteiger partial charge on any atom is 0.314 e. The Kier molecular flexibility index (Phi) is 3.48. The first-order valence-electron chi connectivity index (χ1n) is 7.19. The van der Waals surface area contributed by atoms with Crippen LogP contribution in [0.15, 0.2) is 18.6 Å². The number of rotatable bonds is 1. The second kappa shape index (κ2) is 5.31. The van der Waals surface area contributed by atoms with E-state index in [1.807, 2.05) is 4.90 Å². The molecule has 21 heavy (non-hydrogen) atoms. The molecule has 2 fully saturated rings. The summed E-state index contributed by atoms with van der Waals surface area (Å²) in [5.41, 5.74) is 5.87. The first-order valence-corrected chi connectivity index (χ1v) is 7.19. The number of nitrogens with zero attached hydrogens (tertiary/aromatic N) is 4. The molecule has 0 aromatic carbocycles. The number of likely N-dealkylation sites (tertiary alicyclic amines) is 2. The van der Waals surface area contributed by atoms with Gasteiger partial charge in [0.2, 0.25) is 0 Å². The Bertz CT molecular complexity index is 540. The van der Waals surface area contributed by atoms with E-state index in [9.17, 15) is 9.59 Å². The van der Waals surface area contributed by atoms with Gasteiger partial charge in [-0.3, -0.25) is 9.78 Å². The van der Waals surface area contributed by atoms with Gasteiger partial charge in [0.05, 0.1) is 6.20 Å². The lowest BCUT2D eigenvalue weighted by Crippen LogP contribution is -2.45. The molecule has 7 heteroatoms. The van der Waals surface area contributed by atoms with Gasteiger partial charge in [0.15, 0.2) is 0 Å². The van der Waals surface area contributed by atoms with Crippen LogP contribution in [0.1, 0.15) is 29.8 Å². The van der Waals surface area contributed by atoms with E-state index in [1.165, 1.54) is 12.4 Å². The molecular formula is C14H19N5O2. The Morgan fingerprint density at radius 1 is 1.10 bits per heavy atom. The van der Waals surface area contributed by atoms with Gasteiger partial charge in [0.1, 0.15) is 5.69 Å². The maximum absolute atomic E-state index is 12.3. The number of hydrogen-bond donors (Lipinski definition) is 1. The van der Waals surface area contributed by atoms with Gasteiger partial charge in [0.25, 0.3) is 5.91 Å². The van der Waals surface area contributed by atoms with Gasteiger partial charge in [-0.2, -0.15) is 0 Å². The van der Waals surface area contributed by atoms with Crippen LogP contribution in [0, 0.1) is 5.41 Å². The third-order valence-corrected chi connectivity index (χ3v) is 4.64. The minimum atomic E-state index is -0.343. The second-order valence-electron chi connectivity index (χ2n) is 5.89. The molecular weight excluding hydrogens is 270 g/mol. The van der Waals surface area contributed by atoms with E-state index in [-0.39, 0.29) is 17.4 Å². The molecule has 3 amide bonds. The smallest absolute Gasteiger partial charge is 0.314 e. The average molecular weight is 289 g/mol. The number of nitrogens with two attached hydrogens (primary N) is 1. The van der Waals surface area contributed by atoms with Crippen LogP contribution in [0.4, 0.5) is 4.79 Å². The summed E-state index contributed by atoms with van der Waals surface area (Å²) in [6.07, 6.45) is 7.37. The van der Waals surface area contributed by atoms with E-state index in [1.54, 1.807) is 11.1 Å². The highest BCUT2D eigenvalue weighted by Gasteiger charge is 2.42. The minimum absolute atomic E-state index is 0.0669. The molecule has 2 aliphatic heterocycles. The Hall–Kier alpha value is -2.18. The quantitative estimate of drug-likeness (QED) is 0.814. The van der Waals surface area contributed by atoms with Crippen molar-refractivity contribution in [2.75, 3.05) is 26.2 Å². The highest BCUT2D eigenvalue weighted by Crippen LogP contribution is 2.40. The fourth-order valence-electron chi connectivity index (χ4n) is 3.29. The van der Waals surface area contributed by atoms with Crippen LogP contribution in [-0.2, 0) is 0 Å². The van der Waals surface area contributed by atoms with Crippen molar-refractivity contribution >= 4 is 11.9 Å². The monoisotopic (exact) mass is 289 g/mol. The molecule has 3 rings (SSSR count). The van der Waals surface area contributed by atoms with Crippen molar-refractivity contribution in [1.82, 2.24) is 19.8 Å². The molecule has 0 unspecified atom stereocenters. The third-order valence-electron chi connectivity index (χ3n) is 4.64. The summed E-state index contributed by atoms with van der Waals surface area (Å²) in [5.74, 6) is -0.0669.